The lowest BCUT2D eigenvalue weighted by atomic mass is 10.1. The van der Waals surface area contributed by atoms with Crippen molar-refractivity contribution in [1.29, 1.82) is 0 Å². The molecule has 3 N–H and O–H groups in total. The van der Waals surface area contributed by atoms with Gasteiger partial charge >= 0.3 is 0 Å². The predicted molar refractivity (Wildman–Crippen MR) is 76.1 cm³/mol. The minimum Gasteiger partial charge on any atom is -0.369 e. The standard InChI is InChI=1S/C13H23N5O/c1-5-10-15-11(17-14)6-12(16-10)18-7-9(2)19-13(3,4)8-18/h6,9H,5,7-8,14H2,1-4H3,(H,15,16,17). The number of anilines is 2. The lowest BCUT2D eigenvalue weighted by Gasteiger charge is -2.42. The largest absolute Gasteiger partial charge is 0.369 e. The van der Waals surface area contributed by atoms with E-state index in [2.05, 4.69) is 41.1 Å². The highest BCUT2D eigenvalue weighted by Gasteiger charge is 2.32. The van der Waals surface area contributed by atoms with Gasteiger partial charge in [0.2, 0.25) is 0 Å². The first-order valence-corrected chi connectivity index (χ1v) is 6.71. The Labute approximate surface area is 114 Å². The zero-order chi connectivity index (χ0) is 14.0. The maximum Gasteiger partial charge on any atom is 0.145 e. The Morgan fingerprint density at radius 2 is 2.26 bits per heavy atom. The van der Waals surface area contributed by atoms with Crippen molar-refractivity contribution in [1.82, 2.24) is 9.97 Å². The van der Waals surface area contributed by atoms with Crippen molar-refractivity contribution in [2.24, 2.45) is 5.84 Å². The first-order chi connectivity index (χ1) is 8.93. The summed E-state index contributed by atoms with van der Waals surface area (Å²) in [5.41, 5.74) is 2.43. The highest BCUT2D eigenvalue weighted by atomic mass is 16.5. The van der Waals surface area contributed by atoms with Crippen molar-refractivity contribution >= 4 is 11.6 Å². The molecule has 1 aromatic rings. The van der Waals surface area contributed by atoms with Crippen LogP contribution in [0.1, 0.15) is 33.5 Å². The van der Waals surface area contributed by atoms with Gasteiger partial charge in [0.1, 0.15) is 17.5 Å². The molecular formula is C13H23N5O. The molecule has 1 atom stereocenters. The Hall–Kier alpha value is -1.40. The Balaban J connectivity index is 2.29. The summed E-state index contributed by atoms with van der Waals surface area (Å²) >= 11 is 0. The number of rotatable bonds is 3. The molecule has 19 heavy (non-hydrogen) atoms. The molecular weight excluding hydrogens is 242 g/mol. The van der Waals surface area contributed by atoms with Gasteiger partial charge in [0.05, 0.1) is 11.7 Å². The number of nitrogens with one attached hydrogen (secondary N) is 1. The molecule has 1 saturated heterocycles. The summed E-state index contributed by atoms with van der Waals surface area (Å²) in [5.74, 6) is 7.82. The average Bonchev–Trinajstić information content (AvgIpc) is 2.35. The van der Waals surface area contributed by atoms with Crippen LogP contribution in [0.25, 0.3) is 0 Å². The quantitative estimate of drug-likeness (QED) is 0.634. The van der Waals surface area contributed by atoms with Crippen LogP contribution in [0.5, 0.6) is 0 Å². The van der Waals surface area contributed by atoms with Gasteiger partial charge in [0.15, 0.2) is 0 Å². The van der Waals surface area contributed by atoms with Gasteiger partial charge < -0.3 is 15.1 Å². The van der Waals surface area contributed by atoms with Crippen LogP contribution in [0.3, 0.4) is 0 Å². The van der Waals surface area contributed by atoms with E-state index in [1.54, 1.807) is 0 Å². The normalized spacial score (nSPS) is 22.4. The first-order valence-electron chi connectivity index (χ1n) is 6.71. The van der Waals surface area contributed by atoms with Crippen LogP contribution in [0.4, 0.5) is 11.6 Å². The number of nitrogen functional groups attached to an aromatic ring is 1. The number of aryl methyl sites for hydroxylation is 1. The SMILES string of the molecule is CCc1nc(NN)cc(N2CC(C)OC(C)(C)C2)n1. The van der Waals surface area contributed by atoms with Crippen LogP contribution >= 0.6 is 0 Å². The summed E-state index contributed by atoms with van der Waals surface area (Å²) < 4.78 is 5.91. The number of ether oxygens (including phenoxy) is 1. The number of morpholine rings is 1. The highest BCUT2D eigenvalue weighted by molar-refractivity contribution is 5.49. The number of hydrogen-bond acceptors (Lipinski definition) is 6. The monoisotopic (exact) mass is 265 g/mol. The summed E-state index contributed by atoms with van der Waals surface area (Å²) in [7, 11) is 0. The number of hydrazine groups is 1. The van der Waals surface area contributed by atoms with E-state index in [4.69, 9.17) is 10.6 Å². The van der Waals surface area contributed by atoms with Crippen molar-refractivity contribution in [2.45, 2.75) is 45.8 Å². The van der Waals surface area contributed by atoms with E-state index >= 15 is 0 Å². The predicted octanol–water partition coefficient (Wildman–Crippen LogP) is 1.33. The maximum atomic E-state index is 5.91. The Morgan fingerprint density at radius 3 is 2.84 bits per heavy atom. The van der Waals surface area contributed by atoms with Gasteiger partial charge in [-0.1, -0.05) is 6.92 Å². The molecule has 1 aliphatic rings. The van der Waals surface area contributed by atoms with Gasteiger partial charge in [0, 0.05) is 25.6 Å². The molecule has 0 aliphatic carbocycles. The minimum absolute atomic E-state index is 0.175. The van der Waals surface area contributed by atoms with Crippen LogP contribution in [0, 0.1) is 0 Å². The van der Waals surface area contributed by atoms with E-state index in [0.29, 0.717) is 5.82 Å². The molecule has 2 rings (SSSR count). The van der Waals surface area contributed by atoms with Gasteiger partial charge in [0.25, 0.3) is 0 Å². The highest BCUT2D eigenvalue weighted by Crippen LogP contribution is 2.25. The van der Waals surface area contributed by atoms with Crippen molar-refractivity contribution < 1.29 is 4.74 Å². The molecule has 6 nitrogen and oxygen atoms in total. The van der Waals surface area contributed by atoms with E-state index in [0.717, 1.165) is 31.2 Å². The van der Waals surface area contributed by atoms with Crippen LogP contribution in [-0.2, 0) is 11.2 Å². The lowest BCUT2D eigenvalue weighted by Crippen LogP contribution is -2.52. The zero-order valence-electron chi connectivity index (χ0n) is 12.1. The zero-order valence-corrected chi connectivity index (χ0v) is 12.1. The smallest absolute Gasteiger partial charge is 0.145 e. The number of aromatic nitrogens is 2. The molecule has 6 heteroatoms. The van der Waals surface area contributed by atoms with Gasteiger partial charge in [-0.15, -0.1) is 0 Å². The van der Waals surface area contributed by atoms with E-state index < -0.39 is 0 Å². The molecule has 0 radical (unpaired) electrons. The van der Waals surface area contributed by atoms with Gasteiger partial charge in [-0.3, -0.25) is 0 Å². The molecule has 0 saturated carbocycles. The van der Waals surface area contributed by atoms with Crippen molar-refractivity contribution in [3.8, 4) is 0 Å². The second-order valence-corrected chi connectivity index (χ2v) is 5.59. The van der Waals surface area contributed by atoms with Gasteiger partial charge in [-0.25, -0.2) is 15.8 Å². The van der Waals surface area contributed by atoms with Crippen LogP contribution in [-0.4, -0.2) is 34.8 Å². The Bertz CT molecular complexity index is 426. The molecule has 106 valence electrons. The summed E-state index contributed by atoms with van der Waals surface area (Å²) in [6.07, 6.45) is 0.962. The average molecular weight is 265 g/mol. The Kier molecular flexibility index (Phi) is 3.91. The molecule has 2 heterocycles. The van der Waals surface area contributed by atoms with E-state index in [-0.39, 0.29) is 11.7 Å². The Morgan fingerprint density at radius 1 is 1.53 bits per heavy atom. The summed E-state index contributed by atoms with van der Waals surface area (Å²) in [6, 6.07) is 1.88. The van der Waals surface area contributed by atoms with Crippen LogP contribution in [0.15, 0.2) is 6.07 Å². The van der Waals surface area contributed by atoms with E-state index in [1.165, 1.54) is 0 Å². The van der Waals surface area contributed by atoms with Crippen molar-refractivity contribution in [2.75, 3.05) is 23.4 Å². The van der Waals surface area contributed by atoms with Gasteiger partial charge in [-0.05, 0) is 20.8 Å². The second kappa shape index (κ2) is 5.30. The van der Waals surface area contributed by atoms with E-state index in [9.17, 15) is 0 Å². The first kappa shape index (κ1) is 14.0. The van der Waals surface area contributed by atoms with Crippen LogP contribution < -0.4 is 16.2 Å². The van der Waals surface area contributed by atoms with Crippen molar-refractivity contribution in [3.05, 3.63) is 11.9 Å². The number of nitrogens with zero attached hydrogens (tertiary/aromatic N) is 3. The molecule has 1 aromatic heterocycles. The van der Waals surface area contributed by atoms with Crippen molar-refractivity contribution in [3.63, 3.8) is 0 Å². The fourth-order valence-corrected chi connectivity index (χ4v) is 2.51. The molecule has 1 unspecified atom stereocenters. The molecule has 1 fully saturated rings. The van der Waals surface area contributed by atoms with E-state index in [1.807, 2.05) is 13.0 Å². The second-order valence-electron chi connectivity index (χ2n) is 5.59. The maximum absolute atomic E-state index is 5.91. The summed E-state index contributed by atoms with van der Waals surface area (Å²) in [6.45, 7) is 9.94. The molecule has 0 amide bonds. The topological polar surface area (TPSA) is 76.3 Å². The molecule has 0 bridgehead atoms. The van der Waals surface area contributed by atoms with Gasteiger partial charge in [-0.2, -0.15) is 0 Å². The molecule has 0 aromatic carbocycles. The summed E-state index contributed by atoms with van der Waals surface area (Å²) in [4.78, 5) is 11.1. The minimum atomic E-state index is -0.175. The third kappa shape index (κ3) is 3.33. The third-order valence-corrected chi connectivity index (χ3v) is 3.12. The molecule has 1 aliphatic heterocycles. The fraction of sp³-hybridized carbons (Fsp3) is 0.692. The fourth-order valence-electron chi connectivity index (χ4n) is 2.51. The summed E-state index contributed by atoms with van der Waals surface area (Å²) in [5, 5.41) is 0. The third-order valence-electron chi connectivity index (χ3n) is 3.12. The lowest BCUT2D eigenvalue weighted by molar-refractivity contribution is -0.0751. The molecule has 0 spiro atoms. The van der Waals surface area contributed by atoms with Crippen LogP contribution in [0.2, 0.25) is 0 Å². The number of hydrogen-bond donors (Lipinski definition) is 2. The number of nitrogens with two attached hydrogens (primary N) is 1.